The lowest BCUT2D eigenvalue weighted by Crippen LogP contribution is -2.53. The molecule has 1 aromatic carbocycles. The highest BCUT2D eigenvalue weighted by Gasteiger charge is 2.58. The van der Waals surface area contributed by atoms with Crippen molar-refractivity contribution in [3.8, 4) is 0 Å². The van der Waals surface area contributed by atoms with Crippen LogP contribution in [0.2, 0.25) is 0 Å². The molecule has 0 saturated heterocycles. The second-order valence-corrected chi connectivity index (χ2v) is 11.2. The van der Waals surface area contributed by atoms with Crippen LogP contribution in [0.25, 0.3) is 0 Å². The molecule has 5 rings (SSSR count). The van der Waals surface area contributed by atoms with Crippen molar-refractivity contribution in [3.05, 3.63) is 48.0 Å². The van der Waals surface area contributed by atoms with Gasteiger partial charge in [0.2, 0.25) is 0 Å². The minimum atomic E-state index is 0.468. The van der Waals surface area contributed by atoms with Gasteiger partial charge >= 0.3 is 0 Å². The van der Waals surface area contributed by atoms with Crippen molar-refractivity contribution >= 4 is 0 Å². The summed E-state index contributed by atoms with van der Waals surface area (Å²) in [5, 5.41) is 0. The minimum absolute atomic E-state index is 0.468. The van der Waals surface area contributed by atoms with E-state index in [1.807, 2.05) is 0 Å². The summed E-state index contributed by atoms with van der Waals surface area (Å²) in [6.07, 6.45) is 12.8. The summed E-state index contributed by atoms with van der Waals surface area (Å²) in [5.74, 6) is 3.70. The lowest BCUT2D eigenvalue weighted by molar-refractivity contribution is -0.131. The molecule has 1 aromatic rings. The Kier molecular flexibility index (Phi) is 4.74. The van der Waals surface area contributed by atoms with Crippen molar-refractivity contribution in [1.82, 2.24) is 0 Å². The fraction of sp³-hybridized carbons (Fsp3) is 0.704. The number of benzene rings is 1. The number of fused-ring (bicyclic) bond motifs is 5. The van der Waals surface area contributed by atoms with Gasteiger partial charge in [0.15, 0.2) is 0 Å². The molecule has 152 valence electrons. The maximum Gasteiger partial charge on any atom is 0.0720 e. The van der Waals surface area contributed by atoms with Crippen LogP contribution in [0.1, 0.15) is 77.2 Å². The highest BCUT2D eigenvalue weighted by molar-refractivity contribution is 5.17. The second kappa shape index (κ2) is 7.01. The Hall–Kier alpha value is -1.08. The Bertz CT molecular complexity index is 723. The van der Waals surface area contributed by atoms with Crippen LogP contribution >= 0.6 is 0 Å². The molecule has 1 heteroatoms. The summed E-state index contributed by atoms with van der Waals surface area (Å²) >= 11 is 0. The van der Waals surface area contributed by atoms with Gasteiger partial charge in [-0.25, -0.2) is 0 Å². The van der Waals surface area contributed by atoms with Crippen molar-refractivity contribution in [2.75, 3.05) is 0 Å². The van der Waals surface area contributed by atoms with E-state index in [0.29, 0.717) is 16.9 Å². The maximum atomic E-state index is 6.39. The zero-order chi connectivity index (χ0) is 19.4. The zero-order valence-electron chi connectivity index (χ0n) is 18.0. The van der Waals surface area contributed by atoms with Crippen LogP contribution in [-0.4, -0.2) is 6.10 Å². The SMILES string of the molecule is C=C1C[C@@H]2[C@H]3CC[C@@H]4C[C@@H](OCc5ccccc5)CC[C@@]4(C)[C@@H]3CC[C@@]2(C)C1. The number of rotatable bonds is 3. The predicted molar refractivity (Wildman–Crippen MR) is 116 cm³/mol. The van der Waals surface area contributed by atoms with Crippen molar-refractivity contribution in [3.63, 3.8) is 0 Å². The molecule has 0 aromatic heterocycles. The number of allylic oxidation sites excluding steroid dienone is 1. The molecule has 0 spiro atoms. The van der Waals surface area contributed by atoms with Crippen LogP contribution in [0, 0.1) is 34.5 Å². The first kappa shape index (κ1) is 18.9. The van der Waals surface area contributed by atoms with Crippen molar-refractivity contribution < 1.29 is 4.74 Å². The van der Waals surface area contributed by atoms with Crippen LogP contribution in [0.5, 0.6) is 0 Å². The molecular weight excluding hydrogens is 340 g/mol. The molecule has 0 aliphatic heterocycles. The van der Waals surface area contributed by atoms with E-state index in [2.05, 4.69) is 50.8 Å². The normalized spacial score (nSPS) is 45.2. The van der Waals surface area contributed by atoms with Gasteiger partial charge in [-0.2, -0.15) is 0 Å². The first-order valence-electron chi connectivity index (χ1n) is 11.8. The van der Waals surface area contributed by atoms with Gasteiger partial charge in [-0.15, -0.1) is 0 Å². The molecule has 4 fully saturated rings. The van der Waals surface area contributed by atoms with E-state index in [0.717, 1.165) is 30.3 Å². The summed E-state index contributed by atoms with van der Waals surface area (Å²) in [5.41, 5.74) is 3.98. The molecule has 28 heavy (non-hydrogen) atoms. The molecule has 4 aliphatic rings. The van der Waals surface area contributed by atoms with Crippen molar-refractivity contribution in [1.29, 1.82) is 0 Å². The van der Waals surface area contributed by atoms with Crippen LogP contribution in [0.4, 0.5) is 0 Å². The molecule has 0 radical (unpaired) electrons. The first-order valence-corrected chi connectivity index (χ1v) is 11.8. The van der Waals surface area contributed by atoms with Gasteiger partial charge < -0.3 is 4.74 Å². The van der Waals surface area contributed by atoms with Crippen molar-refractivity contribution in [2.24, 2.45) is 34.5 Å². The van der Waals surface area contributed by atoms with Gasteiger partial charge in [0, 0.05) is 0 Å². The van der Waals surface area contributed by atoms with E-state index in [9.17, 15) is 0 Å². The minimum Gasteiger partial charge on any atom is -0.374 e. The Morgan fingerprint density at radius 1 is 1.00 bits per heavy atom. The molecule has 0 bridgehead atoms. The highest BCUT2D eigenvalue weighted by atomic mass is 16.5. The lowest BCUT2D eigenvalue weighted by Gasteiger charge is -2.60. The van der Waals surface area contributed by atoms with Crippen LogP contribution in [0.15, 0.2) is 42.5 Å². The third kappa shape index (κ3) is 3.09. The second-order valence-electron chi connectivity index (χ2n) is 11.2. The average Bonchev–Trinajstić information content (AvgIpc) is 3.01. The Morgan fingerprint density at radius 2 is 1.82 bits per heavy atom. The Balaban J connectivity index is 1.26. The largest absolute Gasteiger partial charge is 0.374 e. The van der Waals surface area contributed by atoms with Gasteiger partial charge in [0.1, 0.15) is 0 Å². The quantitative estimate of drug-likeness (QED) is 0.507. The molecule has 4 aliphatic carbocycles. The van der Waals surface area contributed by atoms with Crippen LogP contribution in [-0.2, 0) is 11.3 Å². The molecular formula is C27H38O. The standard InChI is InChI=1S/C27H38O/c1-19-15-25-23-10-9-21-16-22(28-18-20-7-5-4-6-8-20)11-14-27(21,3)24(23)12-13-26(25,2)17-19/h4-8,21-25H,1,9-18H2,2-3H3/t21-,22+,23+,24-,25-,26+,27-/m1/s1. The summed E-state index contributed by atoms with van der Waals surface area (Å²) in [7, 11) is 0. The van der Waals surface area contributed by atoms with Gasteiger partial charge in [-0.1, -0.05) is 56.3 Å². The molecule has 0 heterocycles. The summed E-state index contributed by atoms with van der Waals surface area (Å²) < 4.78 is 6.39. The average molecular weight is 379 g/mol. The maximum absolute atomic E-state index is 6.39. The lowest BCUT2D eigenvalue weighted by atomic mass is 9.45. The highest BCUT2D eigenvalue weighted by Crippen LogP contribution is 2.66. The Morgan fingerprint density at radius 3 is 2.64 bits per heavy atom. The summed E-state index contributed by atoms with van der Waals surface area (Å²) in [6, 6.07) is 10.7. The zero-order valence-corrected chi connectivity index (χ0v) is 18.0. The fourth-order valence-electron chi connectivity index (χ4n) is 8.12. The van der Waals surface area contributed by atoms with E-state index >= 15 is 0 Å². The molecule has 0 unspecified atom stereocenters. The van der Waals surface area contributed by atoms with E-state index in [-0.39, 0.29) is 0 Å². The van der Waals surface area contributed by atoms with Crippen LogP contribution < -0.4 is 0 Å². The van der Waals surface area contributed by atoms with Crippen LogP contribution in [0.3, 0.4) is 0 Å². The predicted octanol–water partition coefficient (Wildman–Crippen LogP) is 7.17. The Labute approximate surface area is 171 Å². The van der Waals surface area contributed by atoms with Gasteiger partial charge in [-0.05, 0) is 97.9 Å². The molecule has 0 amide bonds. The topological polar surface area (TPSA) is 9.23 Å². The third-order valence-corrected chi connectivity index (χ3v) is 9.63. The first-order chi connectivity index (χ1) is 13.5. The number of hydrogen-bond donors (Lipinski definition) is 0. The van der Waals surface area contributed by atoms with Gasteiger partial charge in [0.05, 0.1) is 12.7 Å². The molecule has 0 N–H and O–H groups in total. The van der Waals surface area contributed by atoms with Gasteiger partial charge in [-0.3, -0.25) is 0 Å². The van der Waals surface area contributed by atoms with Crippen molar-refractivity contribution in [2.45, 2.75) is 84.3 Å². The van der Waals surface area contributed by atoms with E-state index in [1.165, 1.54) is 63.4 Å². The van der Waals surface area contributed by atoms with E-state index in [1.54, 1.807) is 5.57 Å². The summed E-state index contributed by atoms with van der Waals surface area (Å²) in [4.78, 5) is 0. The molecule has 4 saturated carbocycles. The third-order valence-electron chi connectivity index (χ3n) is 9.63. The smallest absolute Gasteiger partial charge is 0.0720 e. The van der Waals surface area contributed by atoms with E-state index < -0.39 is 0 Å². The number of hydrogen-bond acceptors (Lipinski definition) is 1. The van der Waals surface area contributed by atoms with Gasteiger partial charge in [0.25, 0.3) is 0 Å². The van der Waals surface area contributed by atoms with E-state index in [4.69, 9.17) is 4.74 Å². The fourth-order valence-corrected chi connectivity index (χ4v) is 8.12. The molecule has 1 nitrogen and oxygen atoms in total. The monoisotopic (exact) mass is 378 g/mol. The number of ether oxygens (including phenoxy) is 1. The summed E-state index contributed by atoms with van der Waals surface area (Å²) in [6.45, 7) is 10.4. The molecule has 7 atom stereocenters.